The number of methoxy groups -OCH3 is 1. The van der Waals surface area contributed by atoms with Crippen LogP contribution in [0.15, 0.2) is 36.4 Å². The molecular formula is C16H11Cl2NO2. The number of benzene rings is 2. The standard InChI is InChI=1S/C16H11Cl2NO2/c1-21-15-5-2-9(7-13(15)18)6-12-11-4-3-10(17)8-14(11)19-16(12)20/h2-8H,1H3,(H,19,20)/b12-6+. The van der Waals surface area contributed by atoms with Crippen LogP contribution in [-0.4, -0.2) is 13.0 Å². The molecule has 0 bridgehead atoms. The maximum Gasteiger partial charge on any atom is 0.256 e. The molecule has 0 fully saturated rings. The summed E-state index contributed by atoms with van der Waals surface area (Å²) in [6, 6.07) is 10.7. The minimum Gasteiger partial charge on any atom is -0.495 e. The van der Waals surface area contributed by atoms with Crippen LogP contribution in [-0.2, 0) is 4.79 Å². The van der Waals surface area contributed by atoms with E-state index >= 15 is 0 Å². The Kier molecular flexibility index (Phi) is 3.62. The molecular weight excluding hydrogens is 309 g/mol. The molecule has 0 unspecified atom stereocenters. The highest BCUT2D eigenvalue weighted by atomic mass is 35.5. The Morgan fingerprint density at radius 3 is 2.67 bits per heavy atom. The van der Waals surface area contributed by atoms with Crippen molar-refractivity contribution in [1.29, 1.82) is 0 Å². The fourth-order valence-electron chi connectivity index (χ4n) is 2.25. The van der Waals surface area contributed by atoms with E-state index in [1.165, 1.54) is 0 Å². The average Bonchev–Trinajstić information content (AvgIpc) is 2.74. The molecule has 1 amide bonds. The Hall–Kier alpha value is -1.97. The van der Waals surface area contributed by atoms with E-state index in [4.69, 9.17) is 27.9 Å². The fourth-order valence-corrected chi connectivity index (χ4v) is 2.69. The maximum absolute atomic E-state index is 12.1. The third-order valence-corrected chi connectivity index (χ3v) is 3.78. The molecule has 21 heavy (non-hydrogen) atoms. The largest absolute Gasteiger partial charge is 0.495 e. The quantitative estimate of drug-likeness (QED) is 0.828. The number of halogens is 2. The minimum absolute atomic E-state index is 0.154. The van der Waals surface area contributed by atoms with Crippen molar-refractivity contribution in [1.82, 2.24) is 0 Å². The minimum atomic E-state index is -0.154. The molecule has 0 aromatic heterocycles. The summed E-state index contributed by atoms with van der Waals surface area (Å²) in [7, 11) is 1.56. The summed E-state index contributed by atoms with van der Waals surface area (Å²) in [5.41, 5.74) is 2.96. The van der Waals surface area contributed by atoms with Crippen molar-refractivity contribution < 1.29 is 9.53 Å². The molecule has 1 heterocycles. The van der Waals surface area contributed by atoms with Crippen molar-refractivity contribution in [2.24, 2.45) is 0 Å². The van der Waals surface area contributed by atoms with Crippen molar-refractivity contribution in [3.63, 3.8) is 0 Å². The van der Waals surface area contributed by atoms with Crippen LogP contribution in [0.4, 0.5) is 5.69 Å². The summed E-state index contributed by atoms with van der Waals surface area (Å²) in [6.07, 6.45) is 1.79. The van der Waals surface area contributed by atoms with Crippen molar-refractivity contribution in [2.75, 3.05) is 12.4 Å². The van der Waals surface area contributed by atoms with E-state index in [-0.39, 0.29) is 5.91 Å². The van der Waals surface area contributed by atoms with Gasteiger partial charge in [-0.3, -0.25) is 4.79 Å². The number of carbonyl (C=O) groups excluding carboxylic acids is 1. The summed E-state index contributed by atoms with van der Waals surface area (Å²) in [5, 5.41) is 3.88. The molecule has 0 spiro atoms. The first-order valence-electron chi connectivity index (χ1n) is 6.25. The molecule has 1 aliphatic heterocycles. The van der Waals surface area contributed by atoms with E-state index in [0.29, 0.717) is 21.4 Å². The molecule has 3 rings (SSSR count). The first-order chi connectivity index (χ1) is 10.1. The van der Waals surface area contributed by atoms with Gasteiger partial charge in [0.2, 0.25) is 0 Å². The fraction of sp³-hybridized carbons (Fsp3) is 0.0625. The number of fused-ring (bicyclic) bond motifs is 1. The van der Waals surface area contributed by atoms with E-state index < -0.39 is 0 Å². The van der Waals surface area contributed by atoms with Crippen LogP contribution in [0.5, 0.6) is 5.75 Å². The predicted octanol–water partition coefficient (Wildman–Crippen LogP) is 4.49. The van der Waals surface area contributed by atoms with Gasteiger partial charge in [-0.05, 0) is 35.9 Å². The predicted molar refractivity (Wildman–Crippen MR) is 86.0 cm³/mol. The van der Waals surface area contributed by atoms with Crippen LogP contribution in [0.3, 0.4) is 0 Å². The van der Waals surface area contributed by atoms with E-state index in [1.807, 2.05) is 12.1 Å². The zero-order valence-corrected chi connectivity index (χ0v) is 12.6. The highest BCUT2D eigenvalue weighted by Gasteiger charge is 2.24. The lowest BCUT2D eigenvalue weighted by molar-refractivity contribution is -0.110. The Morgan fingerprint density at radius 1 is 1.14 bits per heavy atom. The van der Waals surface area contributed by atoms with E-state index in [0.717, 1.165) is 16.8 Å². The van der Waals surface area contributed by atoms with Gasteiger partial charge in [0.1, 0.15) is 5.75 Å². The molecule has 0 saturated carbocycles. The van der Waals surface area contributed by atoms with E-state index in [9.17, 15) is 4.79 Å². The van der Waals surface area contributed by atoms with Crippen LogP contribution < -0.4 is 10.1 Å². The summed E-state index contributed by atoms with van der Waals surface area (Å²) < 4.78 is 5.11. The van der Waals surface area contributed by atoms with Gasteiger partial charge in [-0.25, -0.2) is 0 Å². The second-order valence-electron chi connectivity index (χ2n) is 4.60. The van der Waals surface area contributed by atoms with Gasteiger partial charge in [0.15, 0.2) is 0 Å². The molecule has 5 heteroatoms. The molecule has 2 aromatic rings. The molecule has 0 radical (unpaired) electrons. The molecule has 2 aromatic carbocycles. The molecule has 1 aliphatic rings. The maximum atomic E-state index is 12.1. The molecule has 0 saturated heterocycles. The van der Waals surface area contributed by atoms with Crippen molar-refractivity contribution >= 4 is 46.4 Å². The van der Waals surface area contributed by atoms with Crippen LogP contribution in [0, 0.1) is 0 Å². The summed E-state index contributed by atoms with van der Waals surface area (Å²) >= 11 is 12.0. The van der Waals surface area contributed by atoms with Gasteiger partial charge in [-0.15, -0.1) is 0 Å². The van der Waals surface area contributed by atoms with Crippen LogP contribution >= 0.6 is 23.2 Å². The third-order valence-electron chi connectivity index (χ3n) is 3.25. The molecule has 0 aliphatic carbocycles. The highest BCUT2D eigenvalue weighted by molar-refractivity contribution is 6.37. The molecule has 1 N–H and O–H groups in total. The van der Waals surface area contributed by atoms with Crippen molar-refractivity contribution in [3.05, 3.63) is 57.6 Å². The van der Waals surface area contributed by atoms with Gasteiger partial charge in [-0.2, -0.15) is 0 Å². The number of hydrogen-bond acceptors (Lipinski definition) is 2. The second-order valence-corrected chi connectivity index (χ2v) is 5.44. The number of hydrogen-bond donors (Lipinski definition) is 1. The van der Waals surface area contributed by atoms with Crippen LogP contribution in [0.1, 0.15) is 11.1 Å². The van der Waals surface area contributed by atoms with Crippen molar-refractivity contribution in [2.45, 2.75) is 0 Å². The molecule has 106 valence electrons. The highest BCUT2D eigenvalue weighted by Crippen LogP contribution is 2.35. The van der Waals surface area contributed by atoms with E-state index in [1.54, 1.807) is 37.5 Å². The van der Waals surface area contributed by atoms with Gasteiger partial charge in [0.25, 0.3) is 5.91 Å². The SMILES string of the molecule is COc1ccc(/C=C2/C(=O)Nc3cc(Cl)ccc32)cc1Cl. The average molecular weight is 320 g/mol. The smallest absolute Gasteiger partial charge is 0.256 e. The van der Waals surface area contributed by atoms with E-state index in [2.05, 4.69) is 5.32 Å². The zero-order chi connectivity index (χ0) is 15.0. The van der Waals surface area contributed by atoms with Gasteiger partial charge in [0, 0.05) is 16.2 Å². The molecule has 0 atom stereocenters. The lowest BCUT2D eigenvalue weighted by Gasteiger charge is -2.04. The summed E-state index contributed by atoms with van der Waals surface area (Å²) in [5.74, 6) is 0.445. The van der Waals surface area contributed by atoms with Gasteiger partial charge < -0.3 is 10.1 Å². The lowest BCUT2D eigenvalue weighted by Crippen LogP contribution is -2.03. The first-order valence-corrected chi connectivity index (χ1v) is 7.00. The van der Waals surface area contributed by atoms with Crippen LogP contribution in [0.2, 0.25) is 10.0 Å². The number of nitrogens with one attached hydrogen (secondary N) is 1. The number of amides is 1. The van der Waals surface area contributed by atoms with Gasteiger partial charge in [0.05, 0.1) is 17.8 Å². The number of anilines is 1. The summed E-state index contributed by atoms with van der Waals surface area (Å²) in [6.45, 7) is 0. The van der Waals surface area contributed by atoms with Gasteiger partial charge in [-0.1, -0.05) is 35.3 Å². The Bertz CT molecular complexity index is 769. The van der Waals surface area contributed by atoms with Crippen molar-refractivity contribution in [3.8, 4) is 5.75 Å². The topological polar surface area (TPSA) is 38.3 Å². The zero-order valence-electron chi connectivity index (χ0n) is 11.1. The van der Waals surface area contributed by atoms with Gasteiger partial charge >= 0.3 is 0 Å². The third kappa shape index (κ3) is 2.62. The number of rotatable bonds is 2. The first kappa shape index (κ1) is 14.0. The summed E-state index contributed by atoms with van der Waals surface area (Å²) in [4.78, 5) is 12.1. The Morgan fingerprint density at radius 2 is 1.95 bits per heavy atom. The Balaban J connectivity index is 2.04. The Labute approximate surface area is 132 Å². The van der Waals surface area contributed by atoms with Crippen LogP contribution in [0.25, 0.3) is 11.6 Å². The molecule has 3 nitrogen and oxygen atoms in total. The number of carbonyl (C=O) groups is 1. The second kappa shape index (κ2) is 5.43. The normalized spacial score (nSPS) is 15.0. The lowest BCUT2D eigenvalue weighted by atomic mass is 10.0. The monoisotopic (exact) mass is 319 g/mol. The number of ether oxygens (including phenoxy) is 1.